The molecular formula is C18H17F3N4O3S2. The summed E-state index contributed by atoms with van der Waals surface area (Å²) in [5, 5.41) is 5.86. The van der Waals surface area contributed by atoms with Gasteiger partial charge in [0.05, 0.1) is 21.9 Å². The van der Waals surface area contributed by atoms with Gasteiger partial charge in [-0.1, -0.05) is 17.3 Å². The van der Waals surface area contributed by atoms with Gasteiger partial charge in [-0.25, -0.2) is 8.42 Å². The summed E-state index contributed by atoms with van der Waals surface area (Å²) in [5.41, 5.74) is -0.986. The molecular weight excluding hydrogens is 441 g/mol. The van der Waals surface area contributed by atoms with Gasteiger partial charge in [-0.2, -0.15) is 22.5 Å². The number of piperazine rings is 1. The number of thiophene rings is 1. The van der Waals surface area contributed by atoms with Crippen LogP contribution in [-0.2, 0) is 22.7 Å². The molecule has 1 aromatic carbocycles. The van der Waals surface area contributed by atoms with E-state index in [0.717, 1.165) is 17.0 Å². The maximum absolute atomic E-state index is 12.9. The minimum Gasteiger partial charge on any atom is -0.338 e. The molecule has 0 amide bonds. The lowest BCUT2D eigenvalue weighted by Gasteiger charge is -2.33. The Morgan fingerprint density at radius 2 is 1.87 bits per heavy atom. The summed E-state index contributed by atoms with van der Waals surface area (Å²) in [6.45, 7) is 1.48. The Hall–Kier alpha value is -2.28. The summed E-state index contributed by atoms with van der Waals surface area (Å²) in [4.78, 5) is 6.84. The Kier molecular flexibility index (Phi) is 5.66. The van der Waals surface area contributed by atoms with Gasteiger partial charge < -0.3 is 4.52 Å². The SMILES string of the molecule is O=S(=O)(c1cccc(C(F)(F)F)c1)N1CCN(Cc2nc(-c3cccs3)no2)CC1. The summed E-state index contributed by atoms with van der Waals surface area (Å²) >= 11 is 1.50. The van der Waals surface area contributed by atoms with Gasteiger partial charge in [-0.05, 0) is 29.6 Å². The van der Waals surface area contributed by atoms with Crippen LogP contribution in [0.3, 0.4) is 0 Å². The first kappa shape index (κ1) is 21.0. The molecule has 1 fully saturated rings. The number of hydrogen-bond donors (Lipinski definition) is 0. The molecule has 0 aliphatic carbocycles. The zero-order valence-corrected chi connectivity index (χ0v) is 17.2. The van der Waals surface area contributed by atoms with Crippen LogP contribution in [-0.4, -0.2) is 53.9 Å². The van der Waals surface area contributed by atoms with Crippen molar-refractivity contribution < 1.29 is 26.1 Å². The number of rotatable bonds is 5. The number of nitrogens with zero attached hydrogens (tertiary/aromatic N) is 4. The number of hydrogen-bond acceptors (Lipinski definition) is 7. The maximum atomic E-state index is 12.9. The molecule has 0 N–H and O–H groups in total. The molecule has 0 saturated carbocycles. The Morgan fingerprint density at radius 1 is 1.10 bits per heavy atom. The average Bonchev–Trinajstić information content (AvgIpc) is 3.40. The van der Waals surface area contributed by atoms with Gasteiger partial charge in [0.25, 0.3) is 0 Å². The van der Waals surface area contributed by atoms with Crippen molar-refractivity contribution in [2.24, 2.45) is 0 Å². The fourth-order valence-electron chi connectivity index (χ4n) is 3.13. The fourth-order valence-corrected chi connectivity index (χ4v) is 5.24. The summed E-state index contributed by atoms with van der Waals surface area (Å²) in [7, 11) is -4.01. The van der Waals surface area contributed by atoms with Crippen LogP contribution in [0.4, 0.5) is 13.2 Å². The molecule has 30 heavy (non-hydrogen) atoms. The van der Waals surface area contributed by atoms with Crippen LogP contribution in [0.15, 0.2) is 51.2 Å². The zero-order valence-electron chi connectivity index (χ0n) is 15.5. The summed E-state index contributed by atoms with van der Waals surface area (Å²) < 4.78 is 70.7. The molecule has 3 heterocycles. The van der Waals surface area contributed by atoms with E-state index in [0.29, 0.717) is 37.4 Å². The molecule has 1 saturated heterocycles. The molecule has 0 unspecified atom stereocenters. The second-order valence-electron chi connectivity index (χ2n) is 6.69. The van der Waals surface area contributed by atoms with Crippen LogP contribution < -0.4 is 0 Å². The van der Waals surface area contributed by atoms with E-state index in [-0.39, 0.29) is 18.0 Å². The molecule has 0 atom stereocenters. The highest BCUT2D eigenvalue weighted by atomic mass is 32.2. The van der Waals surface area contributed by atoms with E-state index < -0.39 is 21.8 Å². The first-order chi connectivity index (χ1) is 14.2. The molecule has 0 bridgehead atoms. The lowest BCUT2D eigenvalue weighted by Crippen LogP contribution is -2.48. The van der Waals surface area contributed by atoms with Crippen LogP contribution in [0, 0.1) is 0 Å². The molecule has 160 valence electrons. The number of halogens is 3. The monoisotopic (exact) mass is 458 g/mol. The third-order valence-corrected chi connectivity index (χ3v) is 7.46. The highest BCUT2D eigenvalue weighted by molar-refractivity contribution is 7.89. The van der Waals surface area contributed by atoms with Crippen molar-refractivity contribution in [1.82, 2.24) is 19.3 Å². The van der Waals surface area contributed by atoms with Crippen LogP contribution in [0.25, 0.3) is 10.7 Å². The van der Waals surface area contributed by atoms with E-state index in [1.807, 2.05) is 22.4 Å². The highest BCUT2D eigenvalue weighted by Crippen LogP contribution is 2.31. The zero-order chi connectivity index (χ0) is 21.4. The molecule has 1 aliphatic rings. The Bertz CT molecular complexity index is 1110. The highest BCUT2D eigenvalue weighted by Gasteiger charge is 2.34. The normalized spacial score (nSPS) is 16.8. The van der Waals surface area contributed by atoms with Crippen LogP contribution in [0.5, 0.6) is 0 Å². The van der Waals surface area contributed by atoms with Crippen molar-refractivity contribution in [3.05, 3.63) is 53.2 Å². The summed E-state index contributed by atoms with van der Waals surface area (Å²) in [6, 6.07) is 7.59. The van der Waals surface area contributed by atoms with Crippen molar-refractivity contribution in [2.75, 3.05) is 26.2 Å². The number of sulfonamides is 1. The third kappa shape index (κ3) is 4.41. The number of aromatic nitrogens is 2. The summed E-state index contributed by atoms with van der Waals surface area (Å²) in [6.07, 6.45) is -4.60. The Balaban J connectivity index is 1.39. The van der Waals surface area contributed by atoms with Crippen molar-refractivity contribution in [2.45, 2.75) is 17.6 Å². The Morgan fingerprint density at radius 3 is 2.53 bits per heavy atom. The van der Waals surface area contributed by atoms with E-state index in [1.165, 1.54) is 21.7 Å². The minimum absolute atomic E-state index is 0.157. The Labute approximate surface area is 174 Å². The van der Waals surface area contributed by atoms with Crippen LogP contribution in [0.2, 0.25) is 0 Å². The molecule has 7 nitrogen and oxygen atoms in total. The van der Waals surface area contributed by atoms with E-state index in [1.54, 1.807) is 0 Å². The number of alkyl halides is 3. The largest absolute Gasteiger partial charge is 0.416 e. The predicted molar refractivity (Wildman–Crippen MR) is 103 cm³/mol. The topological polar surface area (TPSA) is 79.5 Å². The molecule has 3 aromatic rings. The first-order valence-electron chi connectivity index (χ1n) is 9.00. The summed E-state index contributed by atoms with van der Waals surface area (Å²) in [5.74, 6) is 0.929. The minimum atomic E-state index is -4.60. The van der Waals surface area contributed by atoms with Gasteiger partial charge in [0.2, 0.25) is 21.7 Å². The van der Waals surface area contributed by atoms with Crippen molar-refractivity contribution in [1.29, 1.82) is 0 Å². The standard InChI is InChI=1S/C18H17F3N4O3S2/c19-18(20,21)13-3-1-4-14(11-13)30(26,27)25-8-6-24(7-9-25)12-16-22-17(23-28-16)15-5-2-10-29-15/h1-5,10-11H,6-9,12H2. The van der Waals surface area contributed by atoms with E-state index in [4.69, 9.17) is 4.52 Å². The molecule has 0 spiro atoms. The molecule has 4 rings (SSSR count). The smallest absolute Gasteiger partial charge is 0.338 e. The van der Waals surface area contributed by atoms with E-state index in [9.17, 15) is 21.6 Å². The quantitative estimate of drug-likeness (QED) is 0.584. The second kappa shape index (κ2) is 8.10. The van der Waals surface area contributed by atoms with Crippen LogP contribution in [0.1, 0.15) is 11.5 Å². The van der Waals surface area contributed by atoms with Crippen molar-refractivity contribution in [3.8, 4) is 10.7 Å². The van der Waals surface area contributed by atoms with Crippen molar-refractivity contribution in [3.63, 3.8) is 0 Å². The lowest BCUT2D eigenvalue weighted by atomic mass is 10.2. The van der Waals surface area contributed by atoms with E-state index in [2.05, 4.69) is 10.1 Å². The van der Waals surface area contributed by atoms with Crippen molar-refractivity contribution >= 4 is 21.4 Å². The van der Waals surface area contributed by atoms with Gasteiger partial charge in [-0.15, -0.1) is 11.3 Å². The third-order valence-electron chi connectivity index (χ3n) is 4.70. The molecule has 12 heteroatoms. The molecule has 1 aliphatic heterocycles. The fraction of sp³-hybridized carbons (Fsp3) is 0.333. The number of benzene rings is 1. The second-order valence-corrected chi connectivity index (χ2v) is 9.58. The van der Waals surface area contributed by atoms with E-state index >= 15 is 0 Å². The van der Waals surface area contributed by atoms with Gasteiger partial charge in [-0.3, -0.25) is 4.90 Å². The maximum Gasteiger partial charge on any atom is 0.416 e. The molecule has 2 aromatic heterocycles. The molecule has 0 radical (unpaired) electrons. The van der Waals surface area contributed by atoms with Crippen LogP contribution >= 0.6 is 11.3 Å². The predicted octanol–water partition coefficient (Wildman–Crippen LogP) is 3.32. The average molecular weight is 458 g/mol. The first-order valence-corrected chi connectivity index (χ1v) is 11.3. The van der Waals surface area contributed by atoms with Gasteiger partial charge in [0.1, 0.15) is 0 Å². The van der Waals surface area contributed by atoms with Gasteiger partial charge >= 0.3 is 6.18 Å². The van der Waals surface area contributed by atoms with Gasteiger partial charge in [0, 0.05) is 26.2 Å². The lowest BCUT2D eigenvalue weighted by molar-refractivity contribution is -0.137. The van der Waals surface area contributed by atoms with Gasteiger partial charge in [0.15, 0.2) is 0 Å².